The first-order valence-corrected chi connectivity index (χ1v) is 11.6. The van der Waals surface area contributed by atoms with Gasteiger partial charge in [-0.25, -0.2) is 0 Å². The predicted molar refractivity (Wildman–Crippen MR) is 136 cm³/mol. The molecule has 0 aromatic heterocycles. The highest BCUT2D eigenvalue weighted by Crippen LogP contribution is 2.52. The van der Waals surface area contributed by atoms with E-state index in [1.165, 1.54) is 28.0 Å². The smallest absolute Gasteiger partial charge is 0.143 e. The first kappa shape index (κ1) is 22.3. The Labute approximate surface area is 192 Å². The molecule has 0 radical (unpaired) electrons. The largest absolute Gasteiger partial charge is 0.494 e. The fourth-order valence-corrected chi connectivity index (χ4v) is 5.24. The van der Waals surface area contributed by atoms with Crippen molar-refractivity contribution >= 4 is 28.2 Å². The normalized spacial score (nSPS) is 18.1. The van der Waals surface area contributed by atoms with Gasteiger partial charge >= 0.3 is 0 Å². The molecular weight excluding hydrogens is 396 g/mol. The molecule has 0 unspecified atom stereocenters. The molecule has 4 nitrogen and oxygen atoms in total. The minimum atomic E-state index is -0.238. The van der Waals surface area contributed by atoms with E-state index in [0.717, 1.165) is 22.9 Å². The van der Waals surface area contributed by atoms with Gasteiger partial charge in [-0.2, -0.15) is 0 Å². The second-order valence-corrected chi connectivity index (χ2v) is 9.87. The summed E-state index contributed by atoms with van der Waals surface area (Å²) in [6.45, 7) is 18.7. The van der Waals surface area contributed by atoms with Crippen molar-refractivity contribution in [2.45, 2.75) is 66.5 Å². The van der Waals surface area contributed by atoms with Crippen LogP contribution in [0.4, 0.5) is 17.1 Å². The van der Waals surface area contributed by atoms with Crippen LogP contribution in [0.25, 0.3) is 11.1 Å². The molecule has 0 bridgehead atoms. The van der Waals surface area contributed by atoms with Crippen LogP contribution in [0.1, 0.15) is 66.5 Å². The van der Waals surface area contributed by atoms with Gasteiger partial charge in [0.05, 0.1) is 30.0 Å². The number of hydrogen-bond donors (Lipinski definition) is 1. The first-order chi connectivity index (χ1) is 15.1. The van der Waals surface area contributed by atoms with Crippen molar-refractivity contribution in [3.05, 3.63) is 53.6 Å². The lowest BCUT2D eigenvalue weighted by atomic mass is 9.85. The van der Waals surface area contributed by atoms with Crippen molar-refractivity contribution in [1.29, 1.82) is 0 Å². The number of nitrogens with zero attached hydrogens (tertiary/aromatic N) is 1. The molecule has 2 aromatic rings. The summed E-state index contributed by atoms with van der Waals surface area (Å²) in [5, 5.41) is 3.71. The van der Waals surface area contributed by atoms with Crippen molar-refractivity contribution in [3.8, 4) is 11.5 Å². The predicted octanol–water partition coefficient (Wildman–Crippen LogP) is 7.43. The van der Waals surface area contributed by atoms with Crippen molar-refractivity contribution < 1.29 is 9.47 Å². The van der Waals surface area contributed by atoms with Crippen LogP contribution in [0.15, 0.2) is 42.5 Å². The van der Waals surface area contributed by atoms with Gasteiger partial charge in [-0.05, 0) is 96.9 Å². The van der Waals surface area contributed by atoms with Crippen LogP contribution < -0.4 is 19.7 Å². The molecule has 0 atom stereocenters. The van der Waals surface area contributed by atoms with E-state index in [4.69, 9.17) is 9.47 Å². The third kappa shape index (κ3) is 3.76. The molecule has 170 valence electrons. The average Bonchev–Trinajstić information content (AvgIpc) is 2.68. The molecule has 0 spiro atoms. The number of fused-ring (bicyclic) bond motifs is 2. The van der Waals surface area contributed by atoms with E-state index in [9.17, 15) is 0 Å². The number of anilines is 3. The maximum atomic E-state index is 6.21. The zero-order valence-corrected chi connectivity index (χ0v) is 20.7. The van der Waals surface area contributed by atoms with Crippen molar-refractivity contribution in [2.75, 3.05) is 23.4 Å². The van der Waals surface area contributed by atoms with E-state index in [0.29, 0.717) is 13.2 Å². The van der Waals surface area contributed by atoms with Gasteiger partial charge < -0.3 is 19.7 Å². The summed E-state index contributed by atoms with van der Waals surface area (Å²) in [5.41, 5.74) is 8.01. The third-order valence-electron chi connectivity index (χ3n) is 6.18. The van der Waals surface area contributed by atoms with Gasteiger partial charge in [-0.1, -0.05) is 12.2 Å². The summed E-state index contributed by atoms with van der Waals surface area (Å²) in [4.78, 5) is 2.44. The maximum Gasteiger partial charge on any atom is 0.143 e. The fraction of sp³-hybridized carbons (Fsp3) is 0.429. The van der Waals surface area contributed by atoms with Gasteiger partial charge in [-0.15, -0.1) is 0 Å². The number of nitrogens with one attached hydrogen (secondary N) is 1. The Morgan fingerprint density at radius 2 is 1.59 bits per heavy atom. The van der Waals surface area contributed by atoms with Crippen LogP contribution >= 0.6 is 0 Å². The first-order valence-electron chi connectivity index (χ1n) is 11.6. The lowest BCUT2D eigenvalue weighted by molar-refractivity contribution is 0.339. The van der Waals surface area contributed by atoms with Crippen LogP contribution in [0, 0.1) is 0 Å². The zero-order valence-electron chi connectivity index (χ0n) is 20.7. The Morgan fingerprint density at radius 3 is 2.28 bits per heavy atom. The Kier molecular flexibility index (Phi) is 5.52. The molecule has 2 aromatic carbocycles. The van der Waals surface area contributed by atoms with Gasteiger partial charge in [-0.3, -0.25) is 0 Å². The molecule has 1 N–H and O–H groups in total. The molecule has 2 aliphatic rings. The summed E-state index contributed by atoms with van der Waals surface area (Å²) in [6, 6.07) is 10.7. The van der Waals surface area contributed by atoms with Crippen molar-refractivity contribution in [1.82, 2.24) is 0 Å². The highest BCUT2D eigenvalue weighted by molar-refractivity contribution is 5.96. The molecule has 4 rings (SSSR count). The monoisotopic (exact) mass is 432 g/mol. The second kappa shape index (κ2) is 7.91. The SMILES string of the molecule is CCOc1ccc2c(c1)C(C)=CC(C)(C)N2c1c(OCC)ccc2c1C(C)=CC(C)(C)N2. The minimum Gasteiger partial charge on any atom is -0.494 e. The molecular formula is C28H36N2O2. The van der Waals surface area contributed by atoms with Crippen LogP contribution in [0.5, 0.6) is 11.5 Å². The van der Waals surface area contributed by atoms with Crippen LogP contribution in [-0.4, -0.2) is 24.3 Å². The summed E-state index contributed by atoms with van der Waals surface area (Å²) < 4.78 is 12.0. The summed E-state index contributed by atoms with van der Waals surface area (Å²) >= 11 is 0. The molecule has 4 heteroatoms. The zero-order chi connectivity index (χ0) is 23.3. The number of rotatable bonds is 5. The summed E-state index contributed by atoms with van der Waals surface area (Å²) in [6.07, 6.45) is 4.66. The van der Waals surface area contributed by atoms with Gasteiger partial charge in [0.25, 0.3) is 0 Å². The van der Waals surface area contributed by atoms with Crippen molar-refractivity contribution in [3.63, 3.8) is 0 Å². The topological polar surface area (TPSA) is 33.7 Å². The Hall–Kier alpha value is -2.88. The average molecular weight is 433 g/mol. The summed E-state index contributed by atoms with van der Waals surface area (Å²) in [7, 11) is 0. The Morgan fingerprint density at radius 1 is 0.875 bits per heavy atom. The molecule has 32 heavy (non-hydrogen) atoms. The fourth-order valence-electron chi connectivity index (χ4n) is 5.24. The number of benzene rings is 2. The quantitative estimate of drug-likeness (QED) is 0.533. The summed E-state index contributed by atoms with van der Waals surface area (Å²) in [5.74, 6) is 1.81. The van der Waals surface area contributed by atoms with Crippen molar-refractivity contribution in [2.24, 2.45) is 0 Å². The lowest BCUT2D eigenvalue weighted by Crippen LogP contribution is -2.42. The second-order valence-electron chi connectivity index (χ2n) is 9.87. The van der Waals surface area contributed by atoms with E-state index in [1.54, 1.807) is 0 Å². The van der Waals surface area contributed by atoms with E-state index < -0.39 is 0 Å². The Bertz CT molecular complexity index is 1110. The molecule has 0 fully saturated rings. The maximum absolute atomic E-state index is 6.21. The lowest BCUT2D eigenvalue weighted by Gasteiger charge is -2.45. The molecule has 0 saturated carbocycles. The highest BCUT2D eigenvalue weighted by atomic mass is 16.5. The Balaban J connectivity index is 2.01. The van der Waals surface area contributed by atoms with E-state index in [-0.39, 0.29) is 11.1 Å². The van der Waals surface area contributed by atoms with Gasteiger partial charge in [0, 0.05) is 22.5 Å². The van der Waals surface area contributed by atoms with Crippen LogP contribution in [0.2, 0.25) is 0 Å². The number of allylic oxidation sites excluding steroid dienone is 2. The molecule has 0 amide bonds. The van der Waals surface area contributed by atoms with Gasteiger partial charge in [0.15, 0.2) is 0 Å². The number of ether oxygens (including phenoxy) is 2. The standard InChI is InChI=1S/C28H36N2O2/c1-9-31-20-11-13-23-21(15-20)18(3)17-28(7,8)30(23)26-24(32-10-2)14-12-22-25(26)19(4)16-27(5,6)29-22/h11-17,29H,9-10H2,1-8H3. The molecule has 2 aliphatic heterocycles. The van der Waals surface area contributed by atoms with Gasteiger partial charge in [0.2, 0.25) is 0 Å². The van der Waals surface area contributed by atoms with E-state index in [2.05, 4.69) is 94.2 Å². The molecule has 2 heterocycles. The minimum absolute atomic E-state index is 0.0975. The van der Waals surface area contributed by atoms with E-state index >= 15 is 0 Å². The highest BCUT2D eigenvalue weighted by Gasteiger charge is 2.38. The van der Waals surface area contributed by atoms with Crippen LogP contribution in [0.3, 0.4) is 0 Å². The van der Waals surface area contributed by atoms with E-state index in [1.807, 2.05) is 13.8 Å². The van der Waals surface area contributed by atoms with Gasteiger partial charge in [0.1, 0.15) is 11.5 Å². The molecule has 0 saturated heterocycles. The third-order valence-corrected chi connectivity index (χ3v) is 6.18. The molecule has 0 aliphatic carbocycles. The van der Waals surface area contributed by atoms with Crippen LogP contribution in [-0.2, 0) is 0 Å². The number of hydrogen-bond acceptors (Lipinski definition) is 4.